The number of benzene rings is 1. The lowest BCUT2D eigenvalue weighted by Crippen LogP contribution is -2.39. The molecule has 2 atom stereocenters. The van der Waals surface area contributed by atoms with Crippen molar-refractivity contribution >= 4 is 5.91 Å². The van der Waals surface area contributed by atoms with E-state index in [0.29, 0.717) is 24.2 Å². The molecule has 1 amide bonds. The molecule has 1 aliphatic carbocycles. The Balaban J connectivity index is 1.41. The fourth-order valence-electron chi connectivity index (χ4n) is 3.72. The van der Waals surface area contributed by atoms with Crippen molar-refractivity contribution < 1.29 is 9.32 Å². The molecule has 1 aromatic carbocycles. The number of rotatable bonds is 6. The molecule has 2 aromatic rings. The molecule has 2 heterocycles. The summed E-state index contributed by atoms with van der Waals surface area (Å²) in [5.74, 6) is 1.92. The minimum absolute atomic E-state index is 0.0767. The van der Waals surface area contributed by atoms with Crippen molar-refractivity contribution in [1.82, 2.24) is 20.4 Å². The number of nitrogens with zero attached hydrogens (tertiary/aromatic N) is 3. The van der Waals surface area contributed by atoms with Crippen molar-refractivity contribution in [2.24, 2.45) is 5.92 Å². The van der Waals surface area contributed by atoms with E-state index in [1.54, 1.807) is 6.92 Å². The Morgan fingerprint density at radius 1 is 1.32 bits per heavy atom. The van der Waals surface area contributed by atoms with Crippen molar-refractivity contribution in [3.63, 3.8) is 0 Å². The molecular formula is C19H24N4O2. The van der Waals surface area contributed by atoms with Crippen LogP contribution in [0.4, 0.5) is 0 Å². The Hall–Kier alpha value is -2.21. The minimum atomic E-state index is 0.0767. The highest BCUT2D eigenvalue weighted by atomic mass is 16.5. The van der Waals surface area contributed by atoms with E-state index in [0.717, 1.165) is 19.4 Å². The van der Waals surface area contributed by atoms with Gasteiger partial charge in [-0.3, -0.25) is 9.69 Å². The van der Waals surface area contributed by atoms with Crippen LogP contribution >= 0.6 is 0 Å². The Morgan fingerprint density at radius 3 is 2.80 bits per heavy atom. The number of aromatic nitrogens is 2. The van der Waals surface area contributed by atoms with Gasteiger partial charge in [0.2, 0.25) is 11.8 Å². The maximum absolute atomic E-state index is 12.7. The van der Waals surface area contributed by atoms with Gasteiger partial charge in [0.05, 0.1) is 18.6 Å². The van der Waals surface area contributed by atoms with E-state index < -0.39 is 0 Å². The zero-order valence-electron chi connectivity index (χ0n) is 14.5. The van der Waals surface area contributed by atoms with E-state index >= 15 is 0 Å². The summed E-state index contributed by atoms with van der Waals surface area (Å²) in [7, 11) is 0. The van der Waals surface area contributed by atoms with E-state index in [4.69, 9.17) is 4.52 Å². The lowest BCUT2D eigenvalue weighted by Gasteiger charge is -2.24. The van der Waals surface area contributed by atoms with Crippen molar-refractivity contribution in [3.05, 3.63) is 47.6 Å². The highest BCUT2D eigenvalue weighted by molar-refractivity contribution is 5.78. The number of aryl methyl sites for hydroxylation is 1. The maximum atomic E-state index is 12.7. The fraction of sp³-hybridized carbons (Fsp3) is 0.526. The zero-order valence-corrected chi connectivity index (χ0v) is 14.5. The molecule has 4 rings (SSSR count). The average Bonchev–Trinajstić information content (AvgIpc) is 3.21. The summed E-state index contributed by atoms with van der Waals surface area (Å²) in [6.45, 7) is 3.07. The van der Waals surface area contributed by atoms with Gasteiger partial charge >= 0.3 is 0 Å². The number of amides is 1. The summed E-state index contributed by atoms with van der Waals surface area (Å²) in [5, 5.41) is 7.30. The number of likely N-dealkylation sites (tertiary alicyclic amines) is 1. The van der Waals surface area contributed by atoms with Crippen LogP contribution < -0.4 is 5.32 Å². The molecule has 1 saturated carbocycles. The molecule has 2 fully saturated rings. The Bertz CT molecular complexity index is 726. The Kier molecular flexibility index (Phi) is 4.53. The highest BCUT2D eigenvalue weighted by Gasteiger charge is 2.35. The standard InChI is InChI=1S/C19H24N4O2/c1-13-20-19(22-25-13)16-8-5-11-23(16)12-17(24)21-18(15-9-10-15)14-6-3-2-4-7-14/h2-4,6-7,15-16,18H,5,8-12H2,1H3,(H,21,24). The molecule has 2 unspecified atom stereocenters. The fourth-order valence-corrected chi connectivity index (χ4v) is 3.72. The second kappa shape index (κ2) is 6.96. The molecule has 0 radical (unpaired) electrons. The number of hydrogen-bond donors (Lipinski definition) is 1. The largest absolute Gasteiger partial charge is 0.348 e. The lowest BCUT2D eigenvalue weighted by molar-refractivity contribution is -0.123. The van der Waals surface area contributed by atoms with Crippen molar-refractivity contribution in [2.45, 2.75) is 44.7 Å². The molecule has 1 aromatic heterocycles. The molecule has 6 nitrogen and oxygen atoms in total. The smallest absolute Gasteiger partial charge is 0.234 e. The molecule has 0 bridgehead atoms. The third-order valence-electron chi connectivity index (χ3n) is 5.12. The first-order valence-electron chi connectivity index (χ1n) is 9.09. The summed E-state index contributed by atoms with van der Waals surface area (Å²) < 4.78 is 5.10. The van der Waals surface area contributed by atoms with Gasteiger partial charge in [0, 0.05) is 6.92 Å². The van der Waals surface area contributed by atoms with Crippen molar-refractivity contribution in [3.8, 4) is 0 Å². The van der Waals surface area contributed by atoms with Crippen LogP contribution in [0.5, 0.6) is 0 Å². The maximum Gasteiger partial charge on any atom is 0.234 e. The third-order valence-corrected chi connectivity index (χ3v) is 5.12. The van der Waals surface area contributed by atoms with E-state index in [1.807, 2.05) is 18.2 Å². The van der Waals surface area contributed by atoms with Crippen LogP contribution in [0.25, 0.3) is 0 Å². The van der Waals surface area contributed by atoms with E-state index in [-0.39, 0.29) is 18.0 Å². The topological polar surface area (TPSA) is 71.3 Å². The zero-order chi connectivity index (χ0) is 17.2. The van der Waals surface area contributed by atoms with Gasteiger partial charge in [-0.25, -0.2) is 0 Å². The van der Waals surface area contributed by atoms with E-state index in [2.05, 4.69) is 32.5 Å². The number of nitrogens with one attached hydrogen (secondary N) is 1. The molecule has 1 aliphatic heterocycles. The normalized spacial score (nSPS) is 22.0. The monoisotopic (exact) mass is 340 g/mol. The molecular weight excluding hydrogens is 316 g/mol. The summed E-state index contributed by atoms with van der Waals surface area (Å²) in [6.07, 6.45) is 4.40. The summed E-state index contributed by atoms with van der Waals surface area (Å²) in [6, 6.07) is 10.5. The Labute approximate surface area is 147 Å². The van der Waals surface area contributed by atoms with Crippen molar-refractivity contribution in [1.29, 1.82) is 0 Å². The van der Waals surface area contributed by atoms with Gasteiger partial charge < -0.3 is 9.84 Å². The second-order valence-electron chi connectivity index (χ2n) is 7.09. The molecule has 25 heavy (non-hydrogen) atoms. The van der Waals surface area contributed by atoms with Crippen LogP contribution in [0.2, 0.25) is 0 Å². The van der Waals surface area contributed by atoms with Gasteiger partial charge in [-0.15, -0.1) is 0 Å². The first-order valence-corrected chi connectivity index (χ1v) is 9.09. The van der Waals surface area contributed by atoms with Gasteiger partial charge in [0.25, 0.3) is 0 Å². The number of carbonyl (C=O) groups excluding carboxylic acids is 1. The SMILES string of the molecule is Cc1nc(C2CCCN2CC(=O)NC(c2ccccc2)C2CC2)no1. The summed E-state index contributed by atoms with van der Waals surface area (Å²) in [5.41, 5.74) is 1.20. The van der Waals surface area contributed by atoms with Crippen LogP contribution in [0.1, 0.15) is 55.0 Å². The predicted molar refractivity (Wildman–Crippen MR) is 92.6 cm³/mol. The van der Waals surface area contributed by atoms with Gasteiger partial charge in [-0.2, -0.15) is 4.98 Å². The minimum Gasteiger partial charge on any atom is -0.348 e. The molecule has 132 valence electrons. The first-order chi connectivity index (χ1) is 12.2. The third kappa shape index (κ3) is 3.74. The highest BCUT2D eigenvalue weighted by Crippen LogP contribution is 2.41. The molecule has 6 heteroatoms. The lowest BCUT2D eigenvalue weighted by atomic mass is 10.0. The number of carbonyl (C=O) groups is 1. The van der Waals surface area contributed by atoms with E-state index in [9.17, 15) is 4.79 Å². The quantitative estimate of drug-likeness (QED) is 0.875. The number of hydrogen-bond acceptors (Lipinski definition) is 5. The van der Waals surface area contributed by atoms with Crippen LogP contribution in [-0.4, -0.2) is 34.0 Å². The first kappa shape index (κ1) is 16.3. The van der Waals surface area contributed by atoms with Gasteiger partial charge in [-0.1, -0.05) is 35.5 Å². The van der Waals surface area contributed by atoms with E-state index in [1.165, 1.54) is 18.4 Å². The molecule has 0 spiro atoms. The Morgan fingerprint density at radius 2 is 2.12 bits per heavy atom. The van der Waals surface area contributed by atoms with Crippen LogP contribution in [0, 0.1) is 12.8 Å². The van der Waals surface area contributed by atoms with Crippen LogP contribution in [0.3, 0.4) is 0 Å². The van der Waals surface area contributed by atoms with Gasteiger partial charge in [-0.05, 0) is 43.7 Å². The predicted octanol–water partition coefficient (Wildman–Crippen LogP) is 2.78. The molecule has 1 saturated heterocycles. The molecule has 2 aliphatic rings. The van der Waals surface area contributed by atoms with Gasteiger partial charge in [0.1, 0.15) is 0 Å². The van der Waals surface area contributed by atoms with Crippen molar-refractivity contribution in [2.75, 3.05) is 13.1 Å². The summed E-state index contributed by atoms with van der Waals surface area (Å²) >= 11 is 0. The van der Waals surface area contributed by atoms with Gasteiger partial charge in [0.15, 0.2) is 5.82 Å². The summed E-state index contributed by atoms with van der Waals surface area (Å²) in [4.78, 5) is 19.2. The molecule has 1 N–H and O–H groups in total. The van der Waals surface area contributed by atoms with Crippen LogP contribution in [-0.2, 0) is 4.79 Å². The van der Waals surface area contributed by atoms with Crippen LogP contribution in [0.15, 0.2) is 34.9 Å². The second-order valence-corrected chi connectivity index (χ2v) is 7.09. The average molecular weight is 340 g/mol.